The summed E-state index contributed by atoms with van der Waals surface area (Å²) >= 11 is 0. The van der Waals surface area contributed by atoms with Crippen molar-refractivity contribution in [3.8, 4) is 6.07 Å². The minimum absolute atomic E-state index is 0.0435. The molecule has 0 bridgehead atoms. The Kier molecular flexibility index (Phi) is 3.71. The van der Waals surface area contributed by atoms with Gasteiger partial charge in [0.2, 0.25) is 0 Å². The molecule has 0 radical (unpaired) electrons. The highest BCUT2D eigenvalue weighted by atomic mass is 19.4. The van der Waals surface area contributed by atoms with Crippen LogP contribution >= 0.6 is 0 Å². The highest BCUT2D eigenvalue weighted by Gasteiger charge is 2.46. The molecule has 5 nitrogen and oxygen atoms in total. The van der Waals surface area contributed by atoms with Crippen LogP contribution in [-0.2, 0) is 21.2 Å². The number of hydrogen-bond donors (Lipinski definition) is 0. The van der Waals surface area contributed by atoms with E-state index in [9.17, 15) is 18.0 Å². The fraction of sp³-hybridized carbons (Fsp3) is 0.643. The maximum absolute atomic E-state index is 12.8. The Morgan fingerprint density at radius 2 is 2.09 bits per heavy atom. The van der Waals surface area contributed by atoms with Crippen LogP contribution in [0, 0.1) is 23.7 Å². The molecule has 1 aromatic heterocycles. The monoisotopic (exact) mass is 315 g/mol. The predicted octanol–water partition coefficient (Wildman–Crippen LogP) is 2.79. The van der Waals surface area contributed by atoms with E-state index in [0.29, 0.717) is 12.8 Å². The lowest BCUT2D eigenvalue weighted by Gasteiger charge is -2.24. The summed E-state index contributed by atoms with van der Waals surface area (Å²) in [5, 5.41) is 12.4. The number of nitriles is 1. The van der Waals surface area contributed by atoms with E-state index in [1.807, 2.05) is 0 Å². The summed E-state index contributed by atoms with van der Waals surface area (Å²) in [5.41, 5.74) is -3.10. The summed E-state index contributed by atoms with van der Waals surface area (Å²) in [6, 6.07) is 2.08. The van der Waals surface area contributed by atoms with E-state index < -0.39 is 28.8 Å². The number of hydrogen-bond acceptors (Lipinski definition) is 4. The van der Waals surface area contributed by atoms with Crippen molar-refractivity contribution in [1.82, 2.24) is 9.78 Å². The normalized spacial score (nSPS) is 17.0. The van der Waals surface area contributed by atoms with Gasteiger partial charge in [0, 0.05) is 6.20 Å². The van der Waals surface area contributed by atoms with Crippen LogP contribution in [0.2, 0.25) is 0 Å². The molecule has 0 N–H and O–H groups in total. The molecule has 0 spiro atoms. The third-order valence-corrected chi connectivity index (χ3v) is 3.81. The van der Waals surface area contributed by atoms with Crippen molar-refractivity contribution in [2.45, 2.75) is 45.3 Å². The van der Waals surface area contributed by atoms with Crippen molar-refractivity contribution in [3.63, 3.8) is 0 Å². The first-order valence-electron chi connectivity index (χ1n) is 6.74. The summed E-state index contributed by atoms with van der Waals surface area (Å²) in [7, 11) is 0. The Morgan fingerprint density at radius 3 is 2.50 bits per heavy atom. The molecule has 1 heterocycles. The molecule has 8 heteroatoms. The van der Waals surface area contributed by atoms with Crippen molar-refractivity contribution < 1.29 is 22.7 Å². The number of nitrogens with zero attached hydrogens (tertiary/aromatic N) is 3. The molecule has 0 amide bonds. The number of carbonyl (C=O) groups is 1. The maximum atomic E-state index is 12.8. The highest BCUT2D eigenvalue weighted by molar-refractivity contribution is 5.77. The fourth-order valence-corrected chi connectivity index (χ4v) is 1.94. The van der Waals surface area contributed by atoms with Crippen LogP contribution in [0.4, 0.5) is 13.2 Å². The second-order valence-corrected chi connectivity index (χ2v) is 6.13. The fourth-order valence-electron chi connectivity index (χ4n) is 1.94. The average Bonchev–Trinajstić information content (AvgIpc) is 3.08. The number of rotatable bonds is 4. The van der Waals surface area contributed by atoms with Crippen molar-refractivity contribution >= 4 is 5.97 Å². The lowest BCUT2D eigenvalue weighted by Crippen LogP contribution is -2.39. The lowest BCUT2D eigenvalue weighted by atomic mass is 10.1. The third-order valence-electron chi connectivity index (χ3n) is 3.81. The number of aromatic nitrogens is 2. The largest absolute Gasteiger partial charge is 0.462 e. The van der Waals surface area contributed by atoms with Gasteiger partial charge in [-0.15, -0.1) is 0 Å². The van der Waals surface area contributed by atoms with Crippen LogP contribution in [0.25, 0.3) is 0 Å². The lowest BCUT2D eigenvalue weighted by molar-refractivity contribution is -0.155. The molecule has 0 aliphatic heterocycles. The average molecular weight is 315 g/mol. The molecule has 2 rings (SSSR count). The Morgan fingerprint density at radius 1 is 1.50 bits per heavy atom. The first-order valence-corrected chi connectivity index (χ1v) is 6.74. The van der Waals surface area contributed by atoms with Gasteiger partial charge in [0.1, 0.15) is 6.61 Å². The van der Waals surface area contributed by atoms with Crippen LogP contribution in [-0.4, -0.2) is 22.4 Å². The predicted molar refractivity (Wildman–Crippen MR) is 69.5 cm³/mol. The van der Waals surface area contributed by atoms with Gasteiger partial charge in [0.05, 0.1) is 11.5 Å². The Balaban J connectivity index is 2.16. The molecule has 1 aromatic rings. The zero-order chi connectivity index (χ0) is 16.8. The van der Waals surface area contributed by atoms with Gasteiger partial charge in [-0.25, -0.2) is 4.79 Å². The number of esters is 1. The van der Waals surface area contributed by atoms with E-state index >= 15 is 0 Å². The number of halogens is 3. The third kappa shape index (κ3) is 2.93. The minimum atomic E-state index is -4.58. The molecular formula is C14H16F3N3O2. The van der Waals surface area contributed by atoms with Crippen molar-refractivity contribution in [2.24, 2.45) is 5.41 Å². The quantitative estimate of drug-likeness (QED) is 0.801. The van der Waals surface area contributed by atoms with E-state index in [1.165, 1.54) is 27.0 Å². The van der Waals surface area contributed by atoms with Crippen molar-refractivity contribution in [1.29, 1.82) is 5.26 Å². The van der Waals surface area contributed by atoms with E-state index in [4.69, 9.17) is 10.00 Å². The van der Waals surface area contributed by atoms with Crippen LogP contribution in [0.3, 0.4) is 0 Å². The molecule has 1 fully saturated rings. The Hall–Kier alpha value is -2.04. The summed E-state index contributed by atoms with van der Waals surface area (Å²) in [4.78, 5) is 12.2. The standard InChI is InChI=1S/C14H16F3N3O2/c1-9-6-20(19-10(9)14(15,16)17)12(2,3)11(21)22-8-13(7-18)4-5-13/h6H,4-5,8H2,1-3H3. The molecule has 0 aromatic carbocycles. The Bertz CT molecular complexity index is 637. The van der Waals surface area contributed by atoms with E-state index in [1.54, 1.807) is 0 Å². The van der Waals surface area contributed by atoms with Gasteiger partial charge in [-0.05, 0) is 39.2 Å². The summed E-state index contributed by atoms with van der Waals surface area (Å²) in [5.74, 6) is -0.717. The number of alkyl halides is 3. The van der Waals surface area contributed by atoms with Crippen LogP contribution < -0.4 is 0 Å². The van der Waals surface area contributed by atoms with Crippen LogP contribution in [0.1, 0.15) is 37.9 Å². The molecule has 1 aliphatic carbocycles. The molecule has 0 atom stereocenters. The number of ether oxygens (including phenoxy) is 1. The van der Waals surface area contributed by atoms with Gasteiger partial charge < -0.3 is 4.74 Å². The zero-order valence-electron chi connectivity index (χ0n) is 12.5. The molecule has 120 valence electrons. The Labute approximate surface area is 125 Å². The van der Waals surface area contributed by atoms with Gasteiger partial charge in [0.25, 0.3) is 0 Å². The van der Waals surface area contributed by atoms with E-state index in [2.05, 4.69) is 11.2 Å². The maximum Gasteiger partial charge on any atom is 0.435 e. The second-order valence-electron chi connectivity index (χ2n) is 6.13. The molecule has 1 aliphatic rings. The van der Waals surface area contributed by atoms with Crippen molar-refractivity contribution in [3.05, 3.63) is 17.5 Å². The van der Waals surface area contributed by atoms with E-state index in [0.717, 1.165) is 4.68 Å². The number of carbonyl (C=O) groups excluding carboxylic acids is 1. The first-order chi connectivity index (χ1) is 10.0. The smallest absolute Gasteiger partial charge is 0.435 e. The van der Waals surface area contributed by atoms with Gasteiger partial charge in [-0.3, -0.25) is 4.68 Å². The molecular weight excluding hydrogens is 299 g/mol. The highest BCUT2D eigenvalue weighted by Crippen LogP contribution is 2.45. The van der Waals surface area contributed by atoms with E-state index in [-0.39, 0.29) is 12.2 Å². The summed E-state index contributed by atoms with van der Waals surface area (Å²) < 4.78 is 44.4. The molecule has 1 saturated carbocycles. The number of aryl methyl sites for hydroxylation is 1. The minimum Gasteiger partial charge on any atom is -0.462 e. The van der Waals surface area contributed by atoms with Gasteiger partial charge >= 0.3 is 12.1 Å². The van der Waals surface area contributed by atoms with Gasteiger partial charge in [-0.2, -0.15) is 23.5 Å². The SMILES string of the molecule is Cc1cn(C(C)(C)C(=O)OCC2(C#N)CC2)nc1C(F)(F)F. The molecule has 0 saturated heterocycles. The summed E-state index contributed by atoms with van der Waals surface area (Å²) in [6.45, 7) is 4.09. The molecule has 22 heavy (non-hydrogen) atoms. The van der Waals surface area contributed by atoms with Crippen LogP contribution in [0.5, 0.6) is 0 Å². The van der Waals surface area contributed by atoms with Gasteiger partial charge in [0.15, 0.2) is 11.2 Å². The van der Waals surface area contributed by atoms with Gasteiger partial charge in [-0.1, -0.05) is 0 Å². The van der Waals surface area contributed by atoms with Crippen LogP contribution in [0.15, 0.2) is 6.20 Å². The second kappa shape index (κ2) is 5.00. The summed E-state index contributed by atoms with van der Waals surface area (Å²) in [6.07, 6.45) is -2.08. The zero-order valence-corrected chi connectivity index (χ0v) is 12.5. The topological polar surface area (TPSA) is 67.9 Å². The van der Waals surface area contributed by atoms with Crippen molar-refractivity contribution in [2.75, 3.05) is 6.61 Å². The first kappa shape index (κ1) is 16.3. The molecule has 0 unspecified atom stereocenters.